The Bertz CT molecular complexity index is 479. The Morgan fingerprint density at radius 3 is 2.61 bits per heavy atom. The van der Waals surface area contributed by atoms with Gasteiger partial charge in [-0.05, 0) is 39.0 Å². The lowest BCUT2D eigenvalue weighted by molar-refractivity contribution is 0.0625. The molecule has 1 saturated heterocycles. The molecule has 0 unspecified atom stereocenters. The first-order valence-corrected chi connectivity index (χ1v) is 8.03. The summed E-state index contributed by atoms with van der Waals surface area (Å²) in [6.45, 7) is 7.42. The Kier molecular flexibility index (Phi) is 8.90. The fraction of sp³-hybridized carbons (Fsp3) is 0.750. The summed E-state index contributed by atoms with van der Waals surface area (Å²) in [5.74, 6) is 2.55. The van der Waals surface area contributed by atoms with Crippen LogP contribution in [0.1, 0.15) is 36.3 Å². The zero-order valence-corrected chi connectivity index (χ0v) is 16.9. The SMILES string of the molecule is CN=C(NCc1c(C)noc1C)N(C)CCC1CCOCC1.I. The minimum atomic E-state index is 0. The highest BCUT2D eigenvalue weighted by molar-refractivity contribution is 14.0. The lowest BCUT2D eigenvalue weighted by Crippen LogP contribution is -2.39. The van der Waals surface area contributed by atoms with Crippen molar-refractivity contribution in [3.63, 3.8) is 0 Å². The van der Waals surface area contributed by atoms with Crippen LogP contribution in [-0.4, -0.2) is 49.9 Å². The second kappa shape index (κ2) is 10.1. The van der Waals surface area contributed by atoms with Crippen LogP contribution in [0.5, 0.6) is 0 Å². The van der Waals surface area contributed by atoms with Gasteiger partial charge in [-0.25, -0.2) is 0 Å². The van der Waals surface area contributed by atoms with E-state index in [9.17, 15) is 0 Å². The topological polar surface area (TPSA) is 62.9 Å². The van der Waals surface area contributed by atoms with Crippen LogP contribution in [0.3, 0.4) is 0 Å². The van der Waals surface area contributed by atoms with E-state index in [-0.39, 0.29) is 24.0 Å². The summed E-state index contributed by atoms with van der Waals surface area (Å²) in [5.41, 5.74) is 2.05. The van der Waals surface area contributed by atoms with Gasteiger partial charge in [-0.3, -0.25) is 4.99 Å². The molecule has 2 heterocycles. The van der Waals surface area contributed by atoms with E-state index >= 15 is 0 Å². The predicted molar refractivity (Wildman–Crippen MR) is 102 cm³/mol. The van der Waals surface area contributed by atoms with Crippen molar-refractivity contribution >= 4 is 29.9 Å². The van der Waals surface area contributed by atoms with E-state index in [2.05, 4.69) is 27.4 Å². The van der Waals surface area contributed by atoms with Crippen LogP contribution in [0.15, 0.2) is 9.52 Å². The average Bonchev–Trinajstić information content (AvgIpc) is 2.86. The zero-order valence-electron chi connectivity index (χ0n) is 14.6. The van der Waals surface area contributed by atoms with Crippen molar-refractivity contribution in [1.29, 1.82) is 0 Å². The molecule has 0 aliphatic carbocycles. The van der Waals surface area contributed by atoms with E-state index in [0.29, 0.717) is 6.54 Å². The minimum Gasteiger partial charge on any atom is -0.381 e. The summed E-state index contributed by atoms with van der Waals surface area (Å²) in [4.78, 5) is 6.55. The number of nitrogens with zero attached hydrogens (tertiary/aromatic N) is 3. The first-order chi connectivity index (χ1) is 10.6. The molecule has 0 amide bonds. The highest BCUT2D eigenvalue weighted by Crippen LogP contribution is 2.18. The number of halogens is 1. The highest BCUT2D eigenvalue weighted by atomic mass is 127. The maximum absolute atomic E-state index is 5.41. The van der Waals surface area contributed by atoms with Crippen molar-refractivity contribution in [2.24, 2.45) is 10.9 Å². The molecule has 1 N–H and O–H groups in total. The standard InChI is InChI=1S/C16H28N4O2.HI/c1-12-15(13(2)22-19-12)11-18-16(17-3)20(4)8-5-14-6-9-21-10-7-14;/h14H,5-11H2,1-4H3,(H,17,18);1H. The van der Waals surface area contributed by atoms with Gasteiger partial charge in [0.25, 0.3) is 0 Å². The Morgan fingerprint density at radius 1 is 1.35 bits per heavy atom. The maximum atomic E-state index is 5.41. The van der Waals surface area contributed by atoms with Crippen LogP contribution >= 0.6 is 24.0 Å². The normalized spacial score (nSPS) is 16.1. The van der Waals surface area contributed by atoms with Crippen LogP contribution in [-0.2, 0) is 11.3 Å². The Hall–Kier alpha value is -0.830. The fourth-order valence-corrected chi connectivity index (χ4v) is 2.82. The molecule has 23 heavy (non-hydrogen) atoms. The molecule has 1 aliphatic rings. The molecule has 0 bridgehead atoms. The molecular weight excluding hydrogens is 407 g/mol. The van der Waals surface area contributed by atoms with Gasteiger partial charge in [-0.15, -0.1) is 24.0 Å². The molecule has 0 atom stereocenters. The number of hydrogen-bond donors (Lipinski definition) is 1. The maximum Gasteiger partial charge on any atom is 0.193 e. The van der Waals surface area contributed by atoms with E-state index in [0.717, 1.165) is 48.7 Å². The van der Waals surface area contributed by atoms with Gasteiger partial charge in [0.2, 0.25) is 0 Å². The largest absolute Gasteiger partial charge is 0.381 e. The lowest BCUT2D eigenvalue weighted by Gasteiger charge is -2.26. The summed E-state index contributed by atoms with van der Waals surface area (Å²) in [6.07, 6.45) is 3.55. The lowest BCUT2D eigenvalue weighted by atomic mass is 9.96. The van der Waals surface area contributed by atoms with Crippen LogP contribution in [0, 0.1) is 19.8 Å². The molecule has 0 spiro atoms. The number of ether oxygens (including phenoxy) is 1. The van der Waals surface area contributed by atoms with Crippen molar-refractivity contribution in [2.45, 2.75) is 39.7 Å². The Labute approximate surface area is 156 Å². The third-order valence-electron chi connectivity index (χ3n) is 4.39. The number of rotatable bonds is 5. The van der Waals surface area contributed by atoms with Gasteiger partial charge in [-0.1, -0.05) is 5.16 Å². The third-order valence-corrected chi connectivity index (χ3v) is 4.39. The molecular formula is C16H29IN4O2. The van der Waals surface area contributed by atoms with Gasteiger partial charge < -0.3 is 19.5 Å². The molecule has 0 radical (unpaired) electrons. The highest BCUT2D eigenvalue weighted by Gasteiger charge is 2.16. The first-order valence-electron chi connectivity index (χ1n) is 8.03. The van der Waals surface area contributed by atoms with E-state index in [1.165, 1.54) is 19.3 Å². The monoisotopic (exact) mass is 436 g/mol. The second-order valence-corrected chi connectivity index (χ2v) is 5.97. The quantitative estimate of drug-likeness (QED) is 0.437. The number of aryl methyl sites for hydroxylation is 2. The van der Waals surface area contributed by atoms with Crippen LogP contribution in [0.25, 0.3) is 0 Å². The second-order valence-electron chi connectivity index (χ2n) is 5.97. The van der Waals surface area contributed by atoms with Gasteiger partial charge in [-0.2, -0.15) is 0 Å². The first kappa shape index (κ1) is 20.2. The van der Waals surface area contributed by atoms with Crippen LogP contribution in [0.2, 0.25) is 0 Å². The summed E-state index contributed by atoms with van der Waals surface area (Å²) in [7, 11) is 3.91. The van der Waals surface area contributed by atoms with E-state index in [1.54, 1.807) is 0 Å². The summed E-state index contributed by atoms with van der Waals surface area (Å²) in [6, 6.07) is 0. The predicted octanol–water partition coefficient (Wildman–Crippen LogP) is 2.73. The summed E-state index contributed by atoms with van der Waals surface area (Å²) >= 11 is 0. The average molecular weight is 436 g/mol. The van der Waals surface area contributed by atoms with Gasteiger partial charge >= 0.3 is 0 Å². The van der Waals surface area contributed by atoms with Crippen molar-refractivity contribution in [3.05, 3.63) is 17.0 Å². The van der Waals surface area contributed by atoms with Crippen molar-refractivity contribution in [2.75, 3.05) is 33.9 Å². The van der Waals surface area contributed by atoms with E-state index < -0.39 is 0 Å². The number of nitrogens with one attached hydrogen (secondary N) is 1. The molecule has 0 aromatic carbocycles. The smallest absolute Gasteiger partial charge is 0.193 e. The van der Waals surface area contributed by atoms with Crippen molar-refractivity contribution in [1.82, 2.24) is 15.4 Å². The van der Waals surface area contributed by atoms with E-state index in [1.807, 2.05) is 20.9 Å². The summed E-state index contributed by atoms with van der Waals surface area (Å²) < 4.78 is 10.6. The summed E-state index contributed by atoms with van der Waals surface area (Å²) in [5, 5.41) is 7.37. The molecule has 132 valence electrons. The fourth-order valence-electron chi connectivity index (χ4n) is 2.82. The molecule has 1 fully saturated rings. The molecule has 1 aliphatic heterocycles. The number of aliphatic imine (C=N–C) groups is 1. The van der Waals surface area contributed by atoms with Crippen molar-refractivity contribution < 1.29 is 9.26 Å². The molecule has 6 nitrogen and oxygen atoms in total. The Morgan fingerprint density at radius 2 is 2.04 bits per heavy atom. The molecule has 0 saturated carbocycles. The Balaban J connectivity index is 0.00000264. The molecule has 1 aromatic rings. The van der Waals surface area contributed by atoms with Gasteiger partial charge in [0.05, 0.1) is 5.69 Å². The molecule has 7 heteroatoms. The third kappa shape index (κ3) is 5.95. The van der Waals surface area contributed by atoms with Crippen molar-refractivity contribution in [3.8, 4) is 0 Å². The minimum absolute atomic E-state index is 0. The molecule has 1 aromatic heterocycles. The number of guanidine groups is 1. The van der Waals surface area contributed by atoms with E-state index in [4.69, 9.17) is 9.26 Å². The van der Waals surface area contributed by atoms with Gasteiger partial charge in [0, 0.05) is 46.0 Å². The van der Waals surface area contributed by atoms with Gasteiger partial charge in [0.15, 0.2) is 5.96 Å². The zero-order chi connectivity index (χ0) is 15.9. The molecule has 2 rings (SSSR count). The van der Waals surface area contributed by atoms with Gasteiger partial charge in [0.1, 0.15) is 5.76 Å². The van der Waals surface area contributed by atoms with Crippen LogP contribution < -0.4 is 5.32 Å². The number of hydrogen-bond acceptors (Lipinski definition) is 4. The van der Waals surface area contributed by atoms with Crippen LogP contribution in [0.4, 0.5) is 0 Å². The number of aromatic nitrogens is 1.